The Labute approximate surface area is 107 Å². The third-order valence-corrected chi connectivity index (χ3v) is 3.52. The molecule has 1 amide bonds. The highest BCUT2D eigenvalue weighted by molar-refractivity contribution is 6.27. The fourth-order valence-electron chi connectivity index (χ4n) is 2.28. The van der Waals surface area contributed by atoms with E-state index in [4.69, 9.17) is 11.6 Å². The van der Waals surface area contributed by atoms with Gasteiger partial charge in [0.1, 0.15) is 5.88 Å². The van der Waals surface area contributed by atoms with Gasteiger partial charge >= 0.3 is 0 Å². The summed E-state index contributed by atoms with van der Waals surface area (Å²) in [5, 5.41) is 4.30. The molecule has 1 aliphatic heterocycles. The number of alkyl halides is 1. The Kier molecular flexibility index (Phi) is 4.05. The number of amides is 1. The first-order chi connectivity index (χ1) is 8.19. The Hall–Kier alpha value is -1.03. The lowest BCUT2D eigenvalue weighted by Gasteiger charge is -2.31. The summed E-state index contributed by atoms with van der Waals surface area (Å²) in [6.07, 6.45) is 6.03. The van der Waals surface area contributed by atoms with Crippen molar-refractivity contribution in [3.05, 3.63) is 18.0 Å². The molecule has 0 saturated carbocycles. The Morgan fingerprint density at radius 3 is 2.76 bits per heavy atom. The van der Waals surface area contributed by atoms with Gasteiger partial charge in [-0.1, -0.05) is 0 Å². The summed E-state index contributed by atoms with van der Waals surface area (Å²) < 4.78 is 2.00. The van der Waals surface area contributed by atoms with E-state index in [1.165, 1.54) is 5.56 Å². The third-order valence-electron chi connectivity index (χ3n) is 3.29. The number of likely N-dealkylation sites (tertiary alicyclic amines) is 1. The fourth-order valence-corrected chi connectivity index (χ4v) is 2.45. The maximum absolute atomic E-state index is 11.4. The summed E-state index contributed by atoms with van der Waals surface area (Å²) in [6, 6.07) is 0. The van der Waals surface area contributed by atoms with Crippen molar-refractivity contribution in [3.63, 3.8) is 0 Å². The van der Waals surface area contributed by atoms with Gasteiger partial charge in [0.25, 0.3) is 0 Å². The average Bonchev–Trinajstić information content (AvgIpc) is 2.75. The maximum Gasteiger partial charge on any atom is 0.237 e. The molecule has 0 spiro atoms. The zero-order valence-corrected chi connectivity index (χ0v) is 10.9. The molecule has 1 aromatic heterocycles. The van der Waals surface area contributed by atoms with E-state index < -0.39 is 0 Å². The lowest BCUT2D eigenvalue weighted by molar-refractivity contribution is -0.129. The van der Waals surface area contributed by atoms with Crippen LogP contribution in [0.4, 0.5) is 0 Å². The topological polar surface area (TPSA) is 38.1 Å². The number of carbonyl (C=O) groups is 1. The van der Waals surface area contributed by atoms with Gasteiger partial charge in [0.2, 0.25) is 5.91 Å². The number of aromatic nitrogens is 2. The highest BCUT2D eigenvalue weighted by Crippen LogP contribution is 2.19. The minimum absolute atomic E-state index is 0.0556. The number of carbonyl (C=O) groups excluding carboxylic acids is 1. The SMILES string of the molecule is Cc1cnn(CC2CCN(C(=O)CCl)CC2)c1. The fraction of sp³-hybridized carbons (Fsp3) is 0.667. The van der Waals surface area contributed by atoms with Crippen molar-refractivity contribution in [2.75, 3.05) is 19.0 Å². The molecule has 17 heavy (non-hydrogen) atoms. The summed E-state index contributed by atoms with van der Waals surface area (Å²) in [5.74, 6) is 0.775. The van der Waals surface area contributed by atoms with Crippen molar-refractivity contribution >= 4 is 17.5 Å². The number of hydrogen-bond donors (Lipinski definition) is 0. The van der Waals surface area contributed by atoms with E-state index in [2.05, 4.69) is 11.3 Å². The van der Waals surface area contributed by atoms with Gasteiger partial charge in [0.05, 0.1) is 6.20 Å². The molecule has 1 aliphatic rings. The molecule has 0 N–H and O–H groups in total. The summed E-state index contributed by atoms with van der Waals surface area (Å²) >= 11 is 5.55. The highest BCUT2D eigenvalue weighted by atomic mass is 35.5. The molecule has 0 bridgehead atoms. The maximum atomic E-state index is 11.4. The highest BCUT2D eigenvalue weighted by Gasteiger charge is 2.22. The van der Waals surface area contributed by atoms with Crippen molar-refractivity contribution in [1.29, 1.82) is 0 Å². The van der Waals surface area contributed by atoms with E-state index in [9.17, 15) is 4.79 Å². The van der Waals surface area contributed by atoms with Crippen LogP contribution in [0.15, 0.2) is 12.4 Å². The molecule has 1 aromatic rings. The quantitative estimate of drug-likeness (QED) is 0.771. The summed E-state index contributed by atoms with van der Waals surface area (Å²) in [7, 11) is 0. The van der Waals surface area contributed by atoms with Crippen LogP contribution in [0.5, 0.6) is 0 Å². The predicted octanol–water partition coefficient (Wildman–Crippen LogP) is 1.67. The largest absolute Gasteiger partial charge is 0.342 e. The normalized spacial score (nSPS) is 17.4. The van der Waals surface area contributed by atoms with Crippen LogP contribution >= 0.6 is 11.6 Å². The number of halogens is 1. The molecule has 0 unspecified atom stereocenters. The monoisotopic (exact) mass is 255 g/mol. The van der Waals surface area contributed by atoms with Crippen molar-refractivity contribution in [2.45, 2.75) is 26.3 Å². The van der Waals surface area contributed by atoms with E-state index >= 15 is 0 Å². The van der Waals surface area contributed by atoms with Gasteiger partial charge in [-0.05, 0) is 31.2 Å². The standard InChI is InChI=1S/C12H18ClN3O/c1-10-7-14-16(8-10)9-11-2-4-15(5-3-11)12(17)6-13/h7-8,11H,2-6,9H2,1H3. The first-order valence-electron chi connectivity index (χ1n) is 6.02. The lowest BCUT2D eigenvalue weighted by Crippen LogP contribution is -2.40. The van der Waals surface area contributed by atoms with Gasteiger partial charge in [-0.15, -0.1) is 11.6 Å². The van der Waals surface area contributed by atoms with Crippen molar-refractivity contribution in [2.24, 2.45) is 5.92 Å². The van der Waals surface area contributed by atoms with Crippen LogP contribution in [0, 0.1) is 12.8 Å². The third kappa shape index (κ3) is 3.22. The second kappa shape index (κ2) is 5.54. The molecule has 2 rings (SSSR count). The molecular weight excluding hydrogens is 238 g/mol. The molecule has 5 heteroatoms. The van der Waals surface area contributed by atoms with Gasteiger partial charge in [0.15, 0.2) is 0 Å². The zero-order chi connectivity index (χ0) is 12.3. The first-order valence-corrected chi connectivity index (χ1v) is 6.55. The van der Waals surface area contributed by atoms with Crippen LogP contribution in [-0.2, 0) is 11.3 Å². The summed E-state index contributed by atoms with van der Waals surface area (Å²) in [6.45, 7) is 4.66. The first kappa shape index (κ1) is 12.4. The Morgan fingerprint density at radius 2 is 2.24 bits per heavy atom. The molecule has 0 atom stereocenters. The minimum Gasteiger partial charge on any atom is -0.342 e. The van der Waals surface area contributed by atoms with Gasteiger partial charge in [-0.2, -0.15) is 5.10 Å². The molecule has 1 saturated heterocycles. The molecular formula is C12H18ClN3O. The molecule has 0 aliphatic carbocycles. The van der Waals surface area contributed by atoms with Gasteiger partial charge in [0, 0.05) is 25.8 Å². The molecule has 94 valence electrons. The molecule has 0 aromatic carbocycles. The Balaban J connectivity index is 1.81. The molecule has 2 heterocycles. The van der Waals surface area contributed by atoms with Crippen LogP contribution < -0.4 is 0 Å². The predicted molar refractivity (Wildman–Crippen MR) is 67.0 cm³/mol. The summed E-state index contributed by atoms with van der Waals surface area (Å²) in [5.41, 5.74) is 1.19. The lowest BCUT2D eigenvalue weighted by atomic mass is 9.97. The van der Waals surface area contributed by atoms with E-state index in [0.717, 1.165) is 32.5 Å². The second-order valence-corrected chi connectivity index (χ2v) is 4.96. The number of hydrogen-bond acceptors (Lipinski definition) is 2. The Morgan fingerprint density at radius 1 is 1.53 bits per heavy atom. The van der Waals surface area contributed by atoms with Crippen LogP contribution in [-0.4, -0.2) is 39.6 Å². The van der Waals surface area contributed by atoms with Crippen molar-refractivity contribution in [1.82, 2.24) is 14.7 Å². The van der Waals surface area contributed by atoms with Crippen LogP contribution in [0.1, 0.15) is 18.4 Å². The average molecular weight is 256 g/mol. The zero-order valence-electron chi connectivity index (χ0n) is 10.1. The van der Waals surface area contributed by atoms with E-state index in [0.29, 0.717) is 5.92 Å². The molecule has 0 radical (unpaired) electrons. The van der Waals surface area contributed by atoms with Gasteiger partial charge in [-0.25, -0.2) is 0 Å². The van der Waals surface area contributed by atoms with Crippen LogP contribution in [0.25, 0.3) is 0 Å². The molecule has 4 nitrogen and oxygen atoms in total. The minimum atomic E-state index is 0.0556. The number of rotatable bonds is 3. The van der Waals surface area contributed by atoms with E-state index in [1.807, 2.05) is 22.7 Å². The number of nitrogens with zero attached hydrogens (tertiary/aromatic N) is 3. The van der Waals surface area contributed by atoms with E-state index in [1.54, 1.807) is 0 Å². The second-order valence-electron chi connectivity index (χ2n) is 4.70. The van der Waals surface area contributed by atoms with Crippen LogP contribution in [0.2, 0.25) is 0 Å². The molecule has 1 fully saturated rings. The Bertz CT molecular complexity index is 383. The van der Waals surface area contributed by atoms with Crippen LogP contribution in [0.3, 0.4) is 0 Å². The number of aryl methyl sites for hydroxylation is 1. The van der Waals surface area contributed by atoms with E-state index in [-0.39, 0.29) is 11.8 Å². The smallest absolute Gasteiger partial charge is 0.237 e. The number of piperidine rings is 1. The van der Waals surface area contributed by atoms with Crippen molar-refractivity contribution < 1.29 is 4.79 Å². The van der Waals surface area contributed by atoms with Gasteiger partial charge in [-0.3, -0.25) is 9.48 Å². The van der Waals surface area contributed by atoms with Crippen molar-refractivity contribution in [3.8, 4) is 0 Å². The summed E-state index contributed by atoms with van der Waals surface area (Å²) in [4.78, 5) is 13.3. The van der Waals surface area contributed by atoms with Gasteiger partial charge < -0.3 is 4.90 Å².